The average Bonchev–Trinajstić information content (AvgIpc) is 2.39. The molecule has 1 heterocycles. The maximum atomic E-state index is 12.2. The van der Waals surface area contributed by atoms with E-state index in [9.17, 15) is 4.79 Å². The van der Waals surface area contributed by atoms with Crippen LogP contribution in [0.1, 0.15) is 39.5 Å². The smallest absolute Gasteiger partial charge is 0.251 e. The van der Waals surface area contributed by atoms with Gasteiger partial charge in [-0.15, -0.1) is 12.4 Å². The lowest BCUT2D eigenvalue weighted by molar-refractivity contribution is -0.144. The quantitative estimate of drug-likeness (QED) is 0.731. The van der Waals surface area contributed by atoms with Crippen molar-refractivity contribution in [2.75, 3.05) is 33.3 Å². The van der Waals surface area contributed by atoms with E-state index in [0.717, 1.165) is 38.9 Å². The van der Waals surface area contributed by atoms with Crippen molar-refractivity contribution >= 4 is 18.3 Å². The number of hydrogen-bond acceptors (Lipinski definition) is 3. The molecule has 5 heteroatoms. The van der Waals surface area contributed by atoms with Crippen molar-refractivity contribution in [1.82, 2.24) is 10.2 Å². The van der Waals surface area contributed by atoms with Gasteiger partial charge >= 0.3 is 0 Å². The molecule has 0 radical (unpaired) electrons. The molecule has 1 rings (SSSR count). The molecule has 1 aliphatic heterocycles. The first-order chi connectivity index (χ1) is 8.69. The summed E-state index contributed by atoms with van der Waals surface area (Å²) < 4.78 is 5.59. The lowest BCUT2D eigenvalue weighted by Gasteiger charge is -2.34. The molecule has 0 saturated carbocycles. The van der Waals surface area contributed by atoms with Crippen LogP contribution >= 0.6 is 12.4 Å². The number of carbonyl (C=O) groups excluding carboxylic acids is 1. The van der Waals surface area contributed by atoms with E-state index in [1.54, 1.807) is 0 Å². The summed E-state index contributed by atoms with van der Waals surface area (Å²) in [5.41, 5.74) is 0. The van der Waals surface area contributed by atoms with Crippen molar-refractivity contribution in [2.45, 2.75) is 45.6 Å². The Kier molecular flexibility index (Phi) is 10.3. The van der Waals surface area contributed by atoms with E-state index in [-0.39, 0.29) is 24.4 Å². The number of rotatable bonds is 7. The second-order valence-corrected chi connectivity index (χ2v) is 5.22. The molecule has 0 aliphatic carbocycles. The van der Waals surface area contributed by atoms with Crippen LogP contribution in [0, 0.1) is 5.92 Å². The number of piperidine rings is 1. The van der Waals surface area contributed by atoms with E-state index in [4.69, 9.17) is 4.74 Å². The van der Waals surface area contributed by atoms with Crippen molar-refractivity contribution < 1.29 is 9.53 Å². The van der Waals surface area contributed by atoms with Crippen molar-refractivity contribution in [2.24, 2.45) is 5.92 Å². The largest absolute Gasteiger partial charge is 0.369 e. The molecule has 1 fully saturated rings. The maximum absolute atomic E-state index is 12.2. The summed E-state index contributed by atoms with van der Waals surface area (Å²) in [4.78, 5) is 14.2. The summed E-state index contributed by atoms with van der Waals surface area (Å²) in [6.07, 6.45) is 4.18. The predicted octanol–water partition coefficient (Wildman–Crippen LogP) is 2.07. The molecule has 19 heavy (non-hydrogen) atoms. The van der Waals surface area contributed by atoms with Crippen LogP contribution in [0.15, 0.2) is 0 Å². The Labute approximate surface area is 123 Å². The molecule has 114 valence electrons. The highest BCUT2D eigenvalue weighted by Crippen LogP contribution is 2.17. The lowest BCUT2D eigenvalue weighted by Crippen LogP contribution is -2.46. The fourth-order valence-electron chi connectivity index (χ4n) is 2.45. The minimum atomic E-state index is -0.287. The lowest BCUT2D eigenvalue weighted by atomic mass is 9.97. The molecule has 0 spiro atoms. The molecule has 4 nitrogen and oxygen atoms in total. The molecule has 0 aromatic heterocycles. The van der Waals surface area contributed by atoms with Gasteiger partial charge in [0.05, 0.1) is 0 Å². The van der Waals surface area contributed by atoms with E-state index in [1.165, 1.54) is 6.42 Å². The van der Waals surface area contributed by atoms with Gasteiger partial charge in [-0.25, -0.2) is 0 Å². The summed E-state index contributed by atoms with van der Waals surface area (Å²) in [6, 6.07) is 0. The highest BCUT2D eigenvalue weighted by molar-refractivity contribution is 5.85. The SMILES string of the molecule is CCCCOC(C)C(=O)N1CCCC(CNC)C1.Cl. The minimum absolute atomic E-state index is 0. The van der Waals surface area contributed by atoms with Crippen LogP contribution < -0.4 is 5.32 Å². The van der Waals surface area contributed by atoms with Gasteiger partial charge in [0.15, 0.2) is 0 Å². The van der Waals surface area contributed by atoms with Crippen LogP contribution in [0.4, 0.5) is 0 Å². The number of halogens is 1. The first-order valence-corrected chi connectivity index (χ1v) is 7.24. The molecular weight excluding hydrogens is 264 g/mol. The van der Waals surface area contributed by atoms with Crippen LogP contribution in [0.5, 0.6) is 0 Å². The van der Waals surface area contributed by atoms with Crippen LogP contribution in [0.2, 0.25) is 0 Å². The van der Waals surface area contributed by atoms with Crippen molar-refractivity contribution in [3.8, 4) is 0 Å². The highest BCUT2D eigenvalue weighted by Gasteiger charge is 2.26. The Morgan fingerprint density at radius 1 is 1.53 bits per heavy atom. The van der Waals surface area contributed by atoms with Crippen LogP contribution in [-0.2, 0) is 9.53 Å². The first-order valence-electron chi connectivity index (χ1n) is 7.24. The molecule has 0 aromatic carbocycles. The van der Waals surface area contributed by atoms with E-state index in [2.05, 4.69) is 12.2 Å². The van der Waals surface area contributed by atoms with Crippen molar-refractivity contribution in [3.63, 3.8) is 0 Å². The molecular formula is C14H29ClN2O2. The van der Waals surface area contributed by atoms with Gasteiger partial charge in [-0.2, -0.15) is 0 Å². The molecule has 2 atom stereocenters. The van der Waals surface area contributed by atoms with Gasteiger partial charge in [0.25, 0.3) is 5.91 Å². The number of unbranched alkanes of at least 4 members (excludes halogenated alkanes) is 1. The van der Waals surface area contributed by atoms with E-state index in [0.29, 0.717) is 12.5 Å². The molecule has 1 amide bonds. The van der Waals surface area contributed by atoms with Gasteiger partial charge in [0, 0.05) is 19.7 Å². The van der Waals surface area contributed by atoms with Crippen LogP contribution in [0.25, 0.3) is 0 Å². The number of nitrogens with one attached hydrogen (secondary N) is 1. The Balaban J connectivity index is 0.00000324. The number of hydrogen-bond donors (Lipinski definition) is 1. The number of ether oxygens (including phenoxy) is 1. The van der Waals surface area contributed by atoms with Gasteiger partial charge < -0.3 is 15.0 Å². The van der Waals surface area contributed by atoms with E-state index in [1.807, 2.05) is 18.9 Å². The fourth-order valence-corrected chi connectivity index (χ4v) is 2.45. The summed E-state index contributed by atoms with van der Waals surface area (Å²) in [5, 5.41) is 3.20. The Morgan fingerprint density at radius 3 is 2.89 bits per heavy atom. The highest BCUT2D eigenvalue weighted by atomic mass is 35.5. The van der Waals surface area contributed by atoms with Gasteiger partial charge in [0.2, 0.25) is 0 Å². The maximum Gasteiger partial charge on any atom is 0.251 e. The zero-order chi connectivity index (χ0) is 13.4. The third-order valence-corrected chi connectivity index (χ3v) is 3.54. The normalized spacial score (nSPS) is 20.8. The topological polar surface area (TPSA) is 41.6 Å². The average molecular weight is 293 g/mol. The zero-order valence-electron chi connectivity index (χ0n) is 12.5. The number of nitrogens with zero attached hydrogens (tertiary/aromatic N) is 1. The standard InChI is InChI=1S/C14H28N2O2.ClH/c1-4-5-9-18-12(2)14(17)16-8-6-7-13(11-16)10-15-3;/h12-13,15H,4-11H2,1-3H3;1H. The molecule has 2 unspecified atom stereocenters. The summed E-state index contributed by atoms with van der Waals surface area (Å²) in [5.74, 6) is 0.752. The fraction of sp³-hybridized carbons (Fsp3) is 0.929. The second kappa shape index (κ2) is 10.5. The number of carbonyl (C=O) groups is 1. The summed E-state index contributed by atoms with van der Waals surface area (Å²) in [6.45, 7) is 7.45. The predicted molar refractivity (Wildman–Crippen MR) is 80.8 cm³/mol. The van der Waals surface area contributed by atoms with Gasteiger partial charge in [-0.1, -0.05) is 13.3 Å². The van der Waals surface area contributed by atoms with Gasteiger partial charge in [-0.3, -0.25) is 4.79 Å². The minimum Gasteiger partial charge on any atom is -0.369 e. The third kappa shape index (κ3) is 6.59. The van der Waals surface area contributed by atoms with Crippen molar-refractivity contribution in [1.29, 1.82) is 0 Å². The molecule has 1 N–H and O–H groups in total. The molecule has 1 aliphatic rings. The second-order valence-electron chi connectivity index (χ2n) is 5.22. The third-order valence-electron chi connectivity index (χ3n) is 3.54. The number of likely N-dealkylation sites (tertiary alicyclic amines) is 1. The van der Waals surface area contributed by atoms with Crippen molar-refractivity contribution in [3.05, 3.63) is 0 Å². The van der Waals surface area contributed by atoms with E-state index < -0.39 is 0 Å². The zero-order valence-corrected chi connectivity index (χ0v) is 13.3. The monoisotopic (exact) mass is 292 g/mol. The number of amides is 1. The van der Waals surface area contributed by atoms with Gasteiger partial charge in [0.1, 0.15) is 6.10 Å². The Bertz CT molecular complexity index is 250. The molecule has 0 aromatic rings. The van der Waals surface area contributed by atoms with Crippen LogP contribution in [-0.4, -0.2) is 50.2 Å². The van der Waals surface area contributed by atoms with Crippen LogP contribution in [0.3, 0.4) is 0 Å². The van der Waals surface area contributed by atoms with Gasteiger partial charge in [-0.05, 0) is 45.7 Å². The summed E-state index contributed by atoms with van der Waals surface area (Å²) >= 11 is 0. The Morgan fingerprint density at radius 2 is 2.26 bits per heavy atom. The molecule has 0 bridgehead atoms. The first kappa shape index (κ1) is 18.7. The van der Waals surface area contributed by atoms with E-state index >= 15 is 0 Å². The Hall–Kier alpha value is -0.320. The summed E-state index contributed by atoms with van der Waals surface area (Å²) in [7, 11) is 1.97. The molecule has 1 saturated heterocycles.